The third-order valence-electron chi connectivity index (χ3n) is 3.53. The number of ether oxygens (including phenoxy) is 1. The van der Waals surface area contributed by atoms with Crippen molar-refractivity contribution in [1.82, 2.24) is 0 Å². The molecule has 0 atom stereocenters. The molecule has 2 rings (SSSR count). The van der Waals surface area contributed by atoms with Gasteiger partial charge in [0.1, 0.15) is 5.75 Å². The summed E-state index contributed by atoms with van der Waals surface area (Å²) in [5, 5.41) is 0. The van der Waals surface area contributed by atoms with Gasteiger partial charge in [0, 0.05) is 11.8 Å². The van der Waals surface area contributed by atoms with Gasteiger partial charge in [-0.1, -0.05) is 18.3 Å². The standard InChI is InChI=1S/C14H19NOS/c1-10-3-4-12(7-11(10)2)16-9-14(5-6-14)8-13(15)17/h3-4,7H,5-6,8-9H2,1-2H3,(H2,15,17). The van der Waals surface area contributed by atoms with E-state index >= 15 is 0 Å². The topological polar surface area (TPSA) is 35.2 Å². The van der Waals surface area contributed by atoms with Gasteiger partial charge in [-0.05, 0) is 49.9 Å². The minimum Gasteiger partial charge on any atom is -0.493 e. The highest BCUT2D eigenvalue weighted by molar-refractivity contribution is 7.80. The summed E-state index contributed by atoms with van der Waals surface area (Å²) in [6.07, 6.45) is 3.16. The second-order valence-electron chi connectivity index (χ2n) is 5.18. The van der Waals surface area contributed by atoms with Crippen molar-refractivity contribution in [3.63, 3.8) is 0 Å². The molecule has 0 unspecified atom stereocenters. The maximum Gasteiger partial charge on any atom is 0.119 e. The second kappa shape index (κ2) is 4.65. The maximum atomic E-state index is 5.85. The average Bonchev–Trinajstić information content (AvgIpc) is 2.99. The van der Waals surface area contributed by atoms with Gasteiger partial charge >= 0.3 is 0 Å². The molecule has 1 aliphatic rings. The Morgan fingerprint density at radius 1 is 1.35 bits per heavy atom. The number of hydrogen-bond donors (Lipinski definition) is 1. The van der Waals surface area contributed by atoms with E-state index in [1.807, 2.05) is 6.07 Å². The van der Waals surface area contributed by atoms with E-state index in [9.17, 15) is 0 Å². The molecule has 1 aromatic carbocycles. The van der Waals surface area contributed by atoms with Gasteiger partial charge in [0.15, 0.2) is 0 Å². The van der Waals surface area contributed by atoms with Crippen molar-refractivity contribution in [2.45, 2.75) is 33.1 Å². The normalized spacial score (nSPS) is 16.6. The molecule has 1 fully saturated rings. The van der Waals surface area contributed by atoms with Gasteiger partial charge in [0.05, 0.1) is 11.6 Å². The zero-order valence-electron chi connectivity index (χ0n) is 10.5. The molecule has 1 aromatic rings. The summed E-state index contributed by atoms with van der Waals surface area (Å²) in [7, 11) is 0. The van der Waals surface area contributed by atoms with E-state index < -0.39 is 0 Å². The Hall–Kier alpha value is -1.09. The molecular weight excluding hydrogens is 230 g/mol. The fraction of sp³-hybridized carbons (Fsp3) is 0.500. The fourth-order valence-electron chi connectivity index (χ4n) is 1.96. The van der Waals surface area contributed by atoms with E-state index in [1.165, 1.54) is 24.0 Å². The Labute approximate surface area is 108 Å². The lowest BCUT2D eigenvalue weighted by atomic mass is 10.0. The first kappa shape index (κ1) is 12.4. The van der Waals surface area contributed by atoms with Crippen LogP contribution < -0.4 is 10.5 Å². The van der Waals surface area contributed by atoms with Crippen LogP contribution in [0.3, 0.4) is 0 Å². The molecular formula is C14H19NOS. The summed E-state index contributed by atoms with van der Waals surface area (Å²) in [5.41, 5.74) is 8.39. The molecule has 1 saturated carbocycles. The SMILES string of the molecule is Cc1ccc(OCC2(CC(N)=S)CC2)cc1C. The lowest BCUT2D eigenvalue weighted by Crippen LogP contribution is -2.21. The Balaban J connectivity index is 1.94. The van der Waals surface area contributed by atoms with Gasteiger partial charge in [-0.15, -0.1) is 0 Å². The minimum absolute atomic E-state index is 0.227. The van der Waals surface area contributed by atoms with E-state index in [0.29, 0.717) is 4.99 Å². The Morgan fingerprint density at radius 2 is 2.06 bits per heavy atom. The van der Waals surface area contributed by atoms with E-state index in [2.05, 4.69) is 26.0 Å². The predicted molar refractivity (Wildman–Crippen MR) is 74.5 cm³/mol. The van der Waals surface area contributed by atoms with E-state index in [4.69, 9.17) is 22.7 Å². The van der Waals surface area contributed by atoms with Crippen molar-refractivity contribution in [2.24, 2.45) is 11.1 Å². The molecule has 0 bridgehead atoms. The van der Waals surface area contributed by atoms with E-state index in [0.717, 1.165) is 18.8 Å². The molecule has 0 heterocycles. The van der Waals surface area contributed by atoms with Gasteiger partial charge in [-0.25, -0.2) is 0 Å². The quantitative estimate of drug-likeness (QED) is 0.814. The average molecular weight is 249 g/mol. The molecule has 0 aliphatic heterocycles. The highest BCUT2D eigenvalue weighted by Gasteiger charge is 2.43. The summed E-state index contributed by atoms with van der Waals surface area (Å²) < 4.78 is 5.85. The molecule has 2 N–H and O–H groups in total. The highest BCUT2D eigenvalue weighted by Crippen LogP contribution is 2.49. The number of hydrogen-bond acceptors (Lipinski definition) is 2. The molecule has 1 aliphatic carbocycles. The highest BCUT2D eigenvalue weighted by atomic mass is 32.1. The van der Waals surface area contributed by atoms with Crippen molar-refractivity contribution >= 4 is 17.2 Å². The third kappa shape index (κ3) is 3.19. The van der Waals surface area contributed by atoms with E-state index in [1.54, 1.807) is 0 Å². The van der Waals surface area contributed by atoms with Crippen LogP contribution in [0.1, 0.15) is 30.4 Å². The monoisotopic (exact) mass is 249 g/mol. The summed E-state index contributed by atoms with van der Waals surface area (Å²) in [6.45, 7) is 4.94. The van der Waals surface area contributed by atoms with Crippen molar-refractivity contribution < 1.29 is 4.74 Å². The lowest BCUT2D eigenvalue weighted by Gasteiger charge is -2.16. The summed E-state index contributed by atoms with van der Waals surface area (Å²) >= 11 is 4.97. The van der Waals surface area contributed by atoms with Crippen molar-refractivity contribution in [3.8, 4) is 5.75 Å². The largest absolute Gasteiger partial charge is 0.493 e. The first-order valence-electron chi connectivity index (χ1n) is 5.99. The Morgan fingerprint density at radius 3 is 2.59 bits per heavy atom. The smallest absolute Gasteiger partial charge is 0.119 e. The van der Waals surface area contributed by atoms with Crippen molar-refractivity contribution in [2.75, 3.05) is 6.61 Å². The van der Waals surface area contributed by atoms with Gasteiger partial charge in [-0.3, -0.25) is 0 Å². The van der Waals surface area contributed by atoms with Gasteiger partial charge < -0.3 is 10.5 Å². The van der Waals surface area contributed by atoms with E-state index in [-0.39, 0.29) is 5.41 Å². The number of nitrogens with two attached hydrogens (primary N) is 1. The second-order valence-corrected chi connectivity index (χ2v) is 5.70. The molecule has 0 saturated heterocycles. The first-order chi connectivity index (χ1) is 8.01. The Kier molecular flexibility index (Phi) is 3.38. The van der Waals surface area contributed by atoms with Crippen LogP contribution in [0, 0.1) is 19.3 Å². The Bertz CT molecular complexity index is 438. The molecule has 0 radical (unpaired) electrons. The van der Waals surface area contributed by atoms with Crippen LogP contribution >= 0.6 is 12.2 Å². The number of benzene rings is 1. The molecule has 0 spiro atoms. The van der Waals surface area contributed by atoms with Crippen LogP contribution in [0.15, 0.2) is 18.2 Å². The minimum atomic E-state index is 0.227. The van der Waals surface area contributed by atoms with Crippen LogP contribution in [0.5, 0.6) is 5.75 Å². The molecule has 92 valence electrons. The van der Waals surface area contributed by atoms with Gasteiger partial charge in [0.2, 0.25) is 0 Å². The molecule has 3 heteroatoms. The summed E-state index contributed by atoms with van der Waals surface area (Å²) in [4.78, 5) is 0.603. The summed E-state index contributed by atoms with van der Waals surface area (Å²) in [6, 6.07) is 6.21. The third-order valence-corrected chi connectivity index (χ3v) is 3.67. The van der Waals surface area contributed by atoms with Crippen molar-refractivity contribution in [1.29, 1.82) is 0 Å². The first-order valence-corrected chi connectivity index (χ1v) is 6.40. The molecule has 0 amide bonds. The predicted octanol–water partition coefficient (Wildman–Crippen LogP) is 3.14. The number of thiocarbonyl (C=S) groups is 1. The number of aryl methyl sites for hydroxylation is 2. The van der Waals surface area contributed by atoms with Crippen LogP contribution in [-0.2, 0) is 0 Å². The zero-order valence-corrected chi connectivity index (χ0v) is 11.3. The maximum absolute atomic E-state index is 5.85. The van der Waals surface area contributed by atoms with Crippen LogP contribution in [0.2, 0.25) is 0 Å². The van der Waals surface area contributed by atoms with Crippen LogP contribution in [0.25, 0.3) is 0 Å². The van der Waals surface area contributed by atoms with Crippen molar-refractivity contribution in [3.05, 3.63) is 29.3 Å². The van der Waals surface area contributed by atoms with Gasteiger partial charge in [-0.2, -0.15) is 0 Å². The fourth-order valence-corrected chi connectivity index (χ4v) is 2.26. The lowest BCUT2D eigenvalue weighted by molar-refractivity contribution is 0.239. The van der Waals surface area contributed by atoms with Gasteiger partial charge in [0.25, 0.3) is 0 Å². The molecule has 17 heavy (non-hydrogen) atoms. The number of rotatable bonds is 5. The molecule has 2 nitrogen and oxygen atoms in total. The summed E-state index contributed by atoms with van der Waals surface area (Å²) in [5.74, 6) is 0.947. The van der Waals surface area contributed by atoms with Crippen LogP contribution in [-0.4, -0.2) is 11.6 Å². The van der Waals surface area contributed by atoms with Crippen LogP contribution in [0.4, 0.5) is 0 Å². The molecule has 0 aromatic heterocycles. The zero-order chi connectivity index (χ0) is 12.5.